The lowest BCUT2D eigenvalue weighted by Crippen LogP contribution is -2.45. The van der Waals surface area contributed by atoms with Crippen molar-refractivity contribution >= 4 is 17.8 Å². The van der Waals surface area contributed by atoms with Crippen molar-refractivity contribution in [3.05, 3.63) is 29.8 Å². The fraction of sp³-hybridized carbons (Fsp3) is 0.529. The summed E-state index contributed by atoms with van der Waals surface area (Å²) in [7, 11) is 1.69. The van der Waals surface area contributed by atoms with Gasteiger partial charge in [0.2, 0.25) is 0 Å². The second-order valence-corrected chi connectivity index (χ2v) is 6.64. The highest BCUT2D eigenvalue weighted by atomic mass is 16.6. The smallest absolute Gasteiger partial charge is 0.407 e. The summed E-state index contributed by atoms with van der Waals surface area (Å²) in [6.45, 7) is 9.56. The number of nitrogens with one attached hydrogen (secondary N) is 2. The number of anilines is 1. The maximum Gasteiger partial charge on any atom is 0.407 e. The second-order valence-electron chi connectivity index (χ2n) is 6.64. The molecule has 6 nitrogen and oxygen atoms in total. The lowest BCUT2D eigenvalue weighted by Gasteiger charge is -2.26. The fourth-order valence-electron chi connectivity index (χ4n) is 1.73. The van der Waals surface area contributed by atoms with Crippen LogP contribution in [-0.2, 0) is 4.74 Å². The molecular formula is C17H27N3O3. The standard InChI is InChI=1S/C17H27N3O3/c1-12-7-9-14(10-8-12)19-15(21)20(6)13(2)11-18-16(22)23-17(3,4)5/h7-10,13H,11H2,1-6H3,(H,18,22)(H,19,21)/t13-/m1/s1. The summed E-state index contributed by atoms with van der Waals surface area (Å²) < 4.78 is 5.17. The number of ether oxygens (including phenoxy) is 1. The number of rotatable bonds is 4. The van der Waals surface area contributed by atoms with Crippen molar-refractivity contribution in [2.45, 2.75) is 46.3 Å². The molecule has 0 radical (unpaired) electrons. The largest absolute Gasteiger partial charge is 0.444 e. The number of urea groups is 1. The van der Waals surface area contributed by atoms with E-state index in [9.17, 15) is 9.59 Å². The van der Waals surface area contributed by atoms with Gasteiger partial charge in [-0.3, -0.25) is 0 Å². The molecule has 1 aromatic carbocycles. The lowest BCUT2D eigenvalue weighted by atomic mass is 10.2. The highest BCUT2D eigenvalue weighted by molar-refractivity contribution is 5.89. The van der Waals surface area contributed by atoms with Gasteiger partial charge in [-0.1, -0.05) is 17.7 Å². The molecule has 0 saturated heterocycles. The molecule has 0 aliphatic heterocycles. The first kappa shape index (κ1) is 18.8. The Labute approximate surface area is 138 Å². The quantitative estimate of drug-likeness (QED) is 0.893. The molecule has 3 amide bonds. The molecule has 1 atom stereocenters. The molecule has 0 aromatic heterocycles. The molecule has 1 aromatic rings. The minimum atomic E-state index is -0.540. The Bertz CT molecular complexity index is 535. The zero-order valence-corrected chi connectivity index (χ0v) is 14.8. The normalized spacial score (nSPS) is 12.3. The molecule has 2 N–H and O–H groups in total. The summed E-state index contributed by atoms with van der Waals surface area (Å²) in [5, 5.41) is 5.48. The van der Waals surface area contributed by atoms with Crippen molar-refractivity contribution in [1.82, 2.24) is 10.2 Å². The SMILES string of the molecule is Cc1ccc(NC(=O)N(C)[C@H](C)CNC(=O)OC(C)(C)C)cc1. The van der Waals surface area contributed by atoms with Crippen molar-refractivity contribution < 1.29 is 14.3 Å². The van der Waals surface area contributed by atoms with Gasteiger partial charge in [-0.2, -0.15) is 0 Å². The minimum Gasteiger partial charge on any atom is -0.444 e. The minimum absolute atomic E-state index is 0.173. The number of nitrogens with zero attached hydrogens (tertiary/aromatic N) is 1. The van der Waals surface area contributed by atoms with Gasteiger partial charge in [-0.25, -0.2) is 9.59 Å². The van der Waals surface area contributed by atoms with Gasteiger partial charge >= 0.3 is 12.1 Å². The molecule has 0 unspecified atom stereocenters. The maximum absolute atomic E-state index is 12.2. The van der Waals surface area contributed by atoms with Gasteiger partial charge in [0.05, 0.1) is 0 Å². The molecule has 0 heterocycles. The van der Waals surface area contributed by atoms with E-state index in [1.54, 1.807) is 27.8 Å². The first-order valence-electron chi connectivity index (χ1n) is 7.66. The van der Waals surface area contributed by atoms with Crippen molar-refractivity contribution in [1.29, 1.82) is 0 Å². The predicted molar refractivity (Wildman–Crippen MR) is 91.7 cm³/mol. The second kappa shape index (κ2) is 7.85. The third-order valence-corrected chi connectivity index (χ3v) is 3.23. The number of aryl methyl sites for hydroxylation is 1. The third-order valence-electron chi connectivity index (χ3n) is 3.23. The van der Waals surface area contributed by atoms with Gasteiger partial charge in [0.25, 0.3) is 0 Å². The van der Waals surface area contributed by atoms with Gasteiger partial charge in [0.15, 0.2) is 0 Å². The first-order valence-corrected chi connectivity index (χ1v) is 7.66. The number of carbonyl (C=O) groups is 2. The van der Waals surface area contributed by atoms with Crippen LogP contribution in [0.15, 0.2) is 24.3 Å². The number of carbonyl (C=O) groups excluding carboxylic acids is 2. The number of hydrogen-bond acceptors (Lipinski definition) is 3. The number of amides is 3. The van der Waals surface area contributed by atoms with E-state index in [2.05, 4.69) is 10.6 Å². The van der Waals surface area contributed by atoms with E-state index >= 15 is 0 Å². The molecule has 0 aliphatic rings. The topological polar surface area (TPSA) is 70.7 Å². The van der Waals surface area contributed by atoms with Crippen LogP contribution in [0.2, 0.25) is 0 Å². The number of hydrogen-bond donors (Lipinski definition) is 2. The zero-order valence-electron chi connectivity index (χ0n) is 14.8. The summed E-state index contributed by atoms with van der Waals surface area (Å²) in [6.07, 6.45) is -0.489. The fourth-order valence-corrected chi connectivity index (χ4v) is 1.73. The molecule has 0 spiro atoms. The van der Waals surface area contributed by atoms with Gasteiger partial charge < -0.3 is 20.3 Å². The lowest BCUT2D eigenvalue weighted by molar-refractivity contribution is 0.0516. The molecule has 0 fully saturated rings. The highest BCUT2D eigenvalue weighted by Gasteiger charge is 2.19. The number of likely N-dealkylation sites (N-methyl/N-ethyl adjacent to an activating group) is 1. The van der Waals surface area contributed by atoms with Crippen LogP contribution in [0, 0.1) is 6.92 Å². The van der Waals surface area contributed by atoms with E-state index in [-0.39, 0.29) is 12.1 Å². The molecular weight excluding hydrogens is 294 g/mol. The third kappa shape index (κ3) is 7.04. The summed E-state index contributed by atoms with van der Waals surface area (Å²) in [5.74, 6) is 0. The molecule has 128 valence electrons. The Morgan fingerprint density at radius 2 is 1.78 bits per heavy atom. The van der Waals surface area contributed by atoms with E-state index < -0.39 is 11.7 Å². The Hall–Kier alpha value is -2.24. The van der Waals surface area contributed by atoms with Crippen LogP contribution in [0.4, 0.5) is 15.3 Å². The molecule has 6 heteroatoms. The monoisotopic (exact) mass is 321 g/mol. The van der Waals surface area contributed by atoms with E-state index in [0.717, 1.165) is 11.3 Å². The van der Waals surface area contributed by atoms with Crippen molar-refractivity contribution in [3.8, 4) is 0 Å². The van der Waals surface area contributed by atoms with Crippen molar-refractivity contribution in [2.24, 2.45) is 0 Å². The number of benzene rings is 1. The zero-order chi connectivity index (χ0) is 17.6. The Balaban J connectivity index is 2.46. The van der Waals surface area contributed by atoms with Gasteiger partial charge in [0, 0.05) is 25.3 Å². The van der Waals surface area contributed by atoms with E-state index in [4.69, 9.17) is 4.74 Å². The van der Waals surface area contributed by atoms with Crippen LogP contribution in [-0.4, -0.2) is 42.3 Å². The van der Waals surface area contributed by atoms with Crippen LogP contribution >= 0.6 is 0 Å². The van der Waals surface area contributed by atoms with Gasteiger partial charge in [-0.15, -0.1) is 0 Å². The van der Waals surface area contributed by atoms with Crippen LogP contribution < -0.4 is 10.6 Å². The van der Waals surface area contributed by atoms with E-state index in [1.807, 2.05) is 38.1 Å². The Morgan fingerprint density at radius 1 is 1.22 bits per heavy atom. The van der Waals surface area contributed by atoms with Crippen LogP contribution in [0.5, 0.6) is 0 Å². The van der Waals surface area contributed by atoms with Crippen LogP contribution in [0.25, 0.3) is 0 Å². The Kier molecular flexibility index (Phi) is 6.42. The van der Waals surface area contributed by atoms with Gasteiger partial charge in [0.1, 0.15) is 5.60 Å². The van der Waals surface area contributed by atoms with Crippen molar-refractivity contribution in [3.63, 3.8) is 0 Å². The predicted octanol–water partition coefficient (Wildman–Crippen LogP) is 3.37. The van der Waals surface area contributed by atoms with Crippen LogP contribution in [0.3, 0.4) is 0 Å². The molecule has 0 aliphatic carbocycles. The number of alkyl carbamates (subject to hydrolysis) is 1. The maximum atomic E-state index is 12.2. The van der Waals surface area contributed by atoms with Crippen LogP contribution in [0.1, 0.15) is 33.3 Å². The highest BCUT2D eigenvalue weighted by Crippen LogP contribution is 2.10. The summed E-state index contributed by atoms with van der Waals surface area (Å²) in [6, 6.07) is 7.17. The van der Waals surface area contributed by atoms with Crippen molar-refractivity contribution in [2.75, 3.05) is 18.9 Å². The molecule has 0 bridgehead atoms. The van der Waals surface area contributed by atoms with Gasteiger partial charge in [-0.05, 0) is 46.8 Å². The summed E-state index contributed by atoms with van der Waals surface area (Å²) >= 11 is 0. The molecule has 23 heavy (non-hydrogen) atoms. The molecule has 0 saturated carbocycles. The van der Waals surface area contributed by atoms with E-state index in [0.29, 0.717) is 6.54 Å². The average Bonchev–Trinajstić information content (AvgIpc) is 2.44. The summed E-state index contributed by atoms with van der Waals surface area (Å²) in [5.41, 5.74) is 1.33. The molecule has 1 rings (SSSR count). The van der Waals surface area contributed by atoms with E-state index in [1.165, 1.54) is 4.90 Å². The summed E-state index contributed by atoms with van der Waals surface area (Å²) in [4.78, 5) is 25.3. The first-order chi connectivity index (χ1) is 10.6. The Morgan fingerprint density at radius 3 is 2.30 bits per heavy atom. The average molecular weight is 321 g/mol.